The van der Waals surface area contributed by atoms with Crippen LogP contribution >= 0.6 is 34.5 Å². The van der Waals surface area contributed by atoms with Gasteiger partial charge >= 0.3 is 0 Å². The number of aliphatic hydroxyl groups is 1. The van der Waals surface area contributed by atoms with Gasteiger partial charge in [-0.25, -0.2) is 0 Å². The van der Waals surface area contributed by atoms with Gasteiger partial charge in [-0.3, -0.25) is 14.5 Å². The molecule has 146 valence electrons. The third-order valence-electron chi connectivity index (χ3n) is 4.57. The maximum Gasteiger partial charge on any atom is 0.294 e. The predicted octanol–water partition coefficient (Wildman–Crippen LogP) is 5.54. The normalized spacial score (nSPS) is 16.6. The number of carbonyl (C=O) groups excluding carboxylic acids is 2. The first-order chi connectivity index (χ1) is 13.9. The Bertz CT molecular complexity index is 1160. The molecule has 3 aromatic rings. The monoisotopic (exact) mass is 445 g/mol. The zero-order chi connectivity index (χ0) is 20.7. The van der Waals surface area contributed by atoms with Gasteiger partial charge in [-0.1, -0.05) is 41.4 Å². The zero-order valence-corrected chi connectivity index (χ0v) is 17.0. The van der Waals surface area contributed by atoms with Gasteiger partial charge in [0.2, 0.25) is 5.78 Å². The quantitative estimate of drug-likeness (QED) is 0.516. The van der Waals surface area contributed by atoms with E-state index < -0.39 is 23.5 Å². The summed E-state index contributed by atoms with van der Waals surface area (Å²) in [5, 5.41) is 22.9. The molecule has 1 amide bonds. The van der Waals surface area contributed by atoms with Crippen LogP contribution in [-0.4, -0.2) is 21.9 Å². The number of thiophene rings is 1. The number of anilines is 1. The molecule has 2 N–H and O–H groups in total. The summed E-state index contributed by atoms with van der Waals surface area (Å²) >= 11 is 13.3. The number of benzene rings is 2. The van der Waals surface area contributed by atoms with Crippen molar-refractivity contribution >= 4 is 51.9 Å². The number of aromatic hydroxyl groups is 1. The number of carbonyl (C=O) groups is 2. The fourth-order valence-corrected chi connectivity index (χ4v) is 4.26. The first kappa shape index (κ1) is 19.5. The van der Waals surface area contributed by atoms with Gasteiger partial charge in [0.25, 0.3) is 5.91 Å². The van der Waals surface area contributed by atoms with E-state index in [1.807, 2.05) is 0 Å². The number of aliphatic hydroxyl groups excluding tert-OH is 1. The van der Waals surface area contributed by atoms with E-state index in [1.54, 1.807) is 35.7 Å². The van der Waals surface area contributed by atoms with Crippen molar-refractivity contribution in [2.75, 3.05) is 4.90 Å². The van der Waals surface area contributed by atoms with Crippen molar-refractivity contribution in [1.82, 2.24) is 0 Å². The van der Waals surface area contributed by atoms with Crippen molar-refractivity contribution in [2.24, 2.45) is 0 Å². The van der Waals surface area contributed by atoms with Crippen molar-refractivity contribution in [3.8, 4) is 5.75 Å². The van der Waals surface area contributed by atoms with Crippen molar-refractivity contribution in [3.63, 3.8) is 0 Å². The van der Waals surface area contributed by atoms with Crippen LogP contribution in [0.25, 0.3) is 0 Å². The van der Waals surface area contributed by atoms with Crippen LogP contribution in [0.2, 0.25) is 10.0 Å². The number of amides is 1. The fraction of sp³-hybridized carbons (Fsp3) is 0.0476. The molecular weight excluding hydrogens is 433 g/mol. The number of rotatable bonds is 4. The molecule has 1 aliphatic heterocycles. The van der Waals surface area contributed by atoms with Gasteiger partial charge in [0.15, 0.2) is 5.76 Å². The topological polar surface area (TPSA) is 77.8 Å². The molecule has 1 aliphatic rings. The summed E-state index contributed by atoms with van der Waals surface area (Å²) in [6, 6.07) is 13.2. The third kappa shape index (κ3) is 3.40. The van der Waals surface area contributed by atoms with Gasteiger partial charge < -0.3 is 10.2 Å². The molecule has 1 unspecified atom stereocenters. The summed E-state index contributed by atoms with van der Waals surface area (Å²) < 4.78 is 0. The fourth-order valence-electron chi connectivity index (χ4n) is 3.29. The van der Waals surface area contributed by atoms with Crippen molar-refractivity contribution < 1.29 is 19.8 Å². The number of nitrogens with zero attached hydrogens (tertiary/aromatic N) is 1. The minimum absolute atomic E-state index is 0.0293. The van der Waals surface area contributed by atoms with Crippen LogP contribution in [0, 0.1) is 0 Å². The van der Waals surface area contributed by atoms with Crippen LogP contribution in [0.3, 0.4) is 0 Å². The van der Waals surface area contributed by atoms with E-state index in [2.05, 4.69) is 0 Å². The van der Waals surface area contributed by atoms with Gasteiger partial charge in [0.1, 0.15) is 5.75 Å². The lowest BCUT2D eigenvalue weighted by molar-refractivity contribution is -0.117. The summed E-state index contributed by atoms with van der Waals surface area (Å²) in [6.07, 6.45) is 0. The average molecular weight is 446 g/mol. The second-order valence-electron chi connectivity index (χ2n) is 6.34. The lowest BCUT2D eigenvalue weighted by Crippen LogP contribution is -2.31. The molecular formula is C21H13Cl2NO4S. The second-order valence-corrected chi connectivity index (χ2v) is 8.10. The van der Waals surface area contributed by atoms with Gasteiger partial charge in [-0.05, 0) is 47.3 Å². The Balaban J connectivity index is 1.91. The summed E-state index contributed by atoms with van der Waals surface area (Å²) in [5.74, 6) is -1.86. The van der Waals surface area contributed by atoms with E-state index in [0.717, 1.165) is 0 Å². The number of hydrogen-bond acceptors (Lipinski definition) is 5. The maximum absolute atomic E-state index is 13.1. The molecule has 2 heterocycles. The molecule has 0 radical (unpaired) electrons. The maximum atomic E-state index is 13.1. The van der Waals surface area contributed by atoms with Gasteiger partial charge in [-0.2, -0.15) is 0 Å². The first-order valence-corrected chi connectivity index (χ1v) is 10.1. The summed E-state index contributed by atoms with van der Waals surface area (Å²) in [4.78, 5) is 27.8. The molecule has 0 bridgehead atoms. The predicted molar refractivity (Wildman–Crippen MR) is 113 cm³/mol. The smallest absolute Gasteiger partial charge is 0.294 e. The number of hydrogen-bond donors (Lipinski definition) is 2. The molecule has 29 heavy (non-hydrogen) atoms. The Morgan fingerprint density at radius 1 is 1.00 bits per heavy atom. The Kier molecular flexibility index (Phi) is 5.08. The zero-order valence-electron chi connectivity index (χ0n) is 14.7. The van der Waals surface area contributed by atoms with Gasteiger partial charge in [-0.15, -0.1) is 11.3 Å². The van der Waals surface area contributed by atoms with E-state index in [9.17, 15) is 19.8 Å². The van der Waals surface area contributed by atoms with E-state index in [0.29, 0.717) is 21.2 Å². The SMILES string of the molecule is O=C(C1=C(O)C(=O)N(c2ccc(Cl)c(Cl)c2)C1c1cccc(O)c1)c1cccs1. The molecule has 0 saturated heterocycles. The number of phenolic OH excluding ortho intramolecular Hbond substituents is 1. The Morgan fingerprint density at radius 2 is 1.79 bits per heavy atom. The molecule has 0 saturated carbocycles. The minimum Gasteiger partial charge on any atom is -0.508 e. The molecule has 5 nitrogen and oxygen atoms in total. The Hall–Kier alpha value is -2.80. The number of ketones is 1. The molecule has 1 atom stereocenters. The summed E-state index contributed by atoms with van der Waals surface area (Å²) in [7, 11) is 0. The largest absolute Gasteiger partial charge is 0.508 e. The molecule has 0 aliphatic carbocycles. The molecule has 8 heteroatoms. The lowest BCUT2D eigenvalue weighted by Gasteiger charge is -2.27. The van der Waals surface area contributed by atoms with E-state index in [-0.39, 0.29) is 16.3 Å². The highest BCUT2D eigenvalue weighted by atomic mass is 35.5. The van der Waals surface area contributed by atoms with E-state index in [1.165, 1.54) is 40.5 Å². The summed E-state index contributed by atoms with van der Waals surface area (Å²) in [5.41, 5.74) is 0.765. The molecule has 0 spiro atoms. The second kappa shape index (κ2) is 7.55. The first-order valence-electron chi connectivity index (χ1n) is 8.47. The average Bonchev–Trinajstić information content (AvgIpc) is 3.32. The van der Waals surface area contributed by atoms with Crippen LogP contribution in [0.4, 0.5) is 5.69 Å². The third-order valence-corrected chi connectivity index (χ3v) is 6.17. The van der Waals surface area contributed by atoms with Crippen molar-refractivity contribution in [2.45, 2.75) is 6.04 Å². The molecule has 1 aromatic heterocycles. The number of halogens is 2. The Morgan fingerprint density at radius 3 is 2.45 bits per heavy atom. The highest BCUT2D eigenvalue weighted by molar-refractivity contribution is 7.12. The Labute approximate surface area is 180 Å². The lowest BCUT2D eigenvalue weighted by atomic mass is 9.95. The highest BCUT2D eigenvalue weighted by Crippen LogP contribution is 2.43. The van der Waals surface area contributed by atoms with Crippen LogP contribution in [0.5, 0.6) is 5.75 Å². The minimum atomic E-state index is -0.943. The van der Waals surface area contributed by atoms with E-state index in [4.69, 9.17) is 23.2 Å². The molecule has 2 aromatic carbocycles. The standard InChI is InChI=1S/C21H13Cl2NO4S/c22-14-7-6-12(10-15(14)23)24-18(11-3-1-4-13(25)9-11)17(20(27)21(24)28)19(26)16-5-2-8-29-16/h1-10,18,25,27H. The van der Waals surface area contributed by atoms with Gasteiger partial charge in [0, 0.05) is 5.69 Å². The van der Waals surface area contributed by atoms with Crippen molar-refractivity contribution in [1.29, 1.82) is 0 Å². The van der Waals surface area contributed by atoms with Crippen LogP contribution in [-0.2, 0) is 4.79 Å². The molecule has 4 rings (SSSR count). The number of phenols is 1. The highest BCUT2D eigenvalue weighted by Gasteiger charge is 2.45. The van der Waals surface area contributed by atoms with E-state index >= 15 is 0 Å². The van der Waals surface area contributed by atoms with Crippen LogP contribution in [0.1, 0.15) is 21.3 Å². The summed E-state index contributed by atoms with van der Waals surface area (Å²) in [6.45, 7) is 0. The van der Waals surface area contributed by atoms with Crippen molar-refractivity contribution in [3.05, 3.63) is 91.8 Å². The van der Waals surface area contributed by atoms with Gasteiger partial charge in [0.05, 0.1) is 26.5 Å². The van der Waals surface area contributed by atoms with Crippen LogP contribution in [0.15, 0.2) is 71.3 Å². The number of Topliss-reactive ketones (excluding diaryl/α,β-unsaturated/α-hetero) is 1. The van der Waals surface area contributed by atoms with Crippen LogP contribution < -0.4 is 4.90 Å². The molecule has 0 fully saturated rings.